The quantitative estimate of drug-likeness (QED) is 0.768. The fourth-order valence-corrected chi connectivity index (χ4v) is 3.96. The van der Waals surface area contributed by atoms with Crippen LogP contribution in [0, 0.1) is 11.8 Å². The normalized spacial score (nSPS) is 28.6. The lowest BCUT2D eigenvalue weighted by Crippen LogP contribution is -2.21. The number of aliphatic hydroxyl groups is 1. The van der Waals surface area contributed by atoms with Crippen molar-refractivity contribution in [2.75, 3.05) is 0 Å². The van der Waals surface area contributed by atoms with Gasteiger partial charge < -0.3 is 5.11 Å². The monoisotopic (exact) mass is 270 g/mol. The summed E-state index contributed by atoms with van der Waals surface area (Å²) < 4.78 is 0. The van der Waals surface area contributed by atoms with E-state index in [2.05, 4.69) is 44.2 Å². The van der Waals surface area contributed by atoms with E-state index in [1.807, 2.05) is 0 Å². The van der Waals surface area contributed by atoms with Crippen molar-refractivity contribution in [3.05, 3.63) is 47.0 Å². The number of aliphatic hydroxyl groups excluding tert-OH is 1. The van der Waals surface area contributed by atoms with Crippen LogP contribution in [-0.4, -0.2) is 5.11 Å². The van der Waals surface area contributed by atoms with E-state index in [-0.39, 0.29) is 6.10 Å². The Hall–Kier alpha value is -1.08. The molecule has 1 saturated carbocycles. The third kappa shape index (κ3) is 2.69. The summed E-state index contributed by atoms with van der Waals surface area (Å²) in [5.74, 6) is 1.67. The van der Waals surface area contributed by atoms with Gasteiger partial charge in [-0.05, 0) is 61.5 Å². The zero-order valence-electron chi connectivity index (χ0n) is 12.7. The molecule has 20 heavy (non-hydrogen) atoms. The standard InChI is InChI=1S/C19H26O/c1-13-10-14(2)12-16(11-13)19(20)18-9-4-3-8-17(18)15-6-5-7-15/h3-4,8-10,13,15-16,19-20H,5-7,11-12H2,1-2H3. The molecule has 0 heterocycles. The first kappa shape index (κ1) is 13.9. The highest BCUT2D eigenvalue weighted by Gasteiger charge is 2.30. The predicted octanol–water partition coefficient (Wildman–Crippen LogP) is 4.98. The minimum atomic E-state index is -0.294. The van der Waals surface area contributed by atoms with Crippen LogP contribution in [0.1, 0.15) is 69.1 Å². The van der Waals surface area contributed by atoms with Crippen LogP contribution in [0.5, 0.6) is 0 Å². The van der Waals surface area contributed by atoms with Crippen molar-refractivity contribution in [1.29, 1.82) is 0 Å². The van der Waals surface area contributed by atoms with Crippen LogP contribution in [0.15, 0.2) is 35.9 Å². The van der Waals surface area contributed by atoms with Gasteiger partial charge in [-0.15, -0.1) is 0 Å². The highest BCUT2D eigenvalue weighted by molar-refractivity contribution is 5.34. The SMILES string of the molecule is CC1=CC(C)CC(C(O)c2ccccc2C2CCC2)C1. The van der Waals surface area contributed by atoms with Crippen LogP contribution in [-0.2, 0) is 0 Å². The minimum Gasteiger partial charge on any atom is -0.388 e. The van der Waals surface area contributed by atoms with E-state index in [0.29, 0.717) is 17.8 Å². The molecule has 1 nitrogen and oxygen atoms in total. The third-order valence-corrected chi connectivity index (χ3v) is 5.13. The average Bonchev–Trinajstić information content (AvgIpc) is 2.35. The summed E-state index contributed by atoms with van der Waals surface area (Å²) in [6.07, 6.45) is 8.16. The molecule has 2 aliphatic carbocycles. The van der Waals surface area contributed by atoms with Crippen LogP contribution in [0.3, 0.4) is 0 Å². The molecule has 1 fully saturated rings. The maximum Gasteiger partial charge on any atom is 0.0824 e. The van der Waals surface area contributed by atoms with Crippen molar-refractivity contribution in [3.8, 4) is 0 Å². The highest BCUT2D eigenvalue weighted by atomic mass is 16.3. The van der Waals surface area contributed by atoms with Gasteiger partial charge in [0.15, 0.2) is 0 Å². The Bertz CT molecular complexity index is 498. The lowest BCUT2D eigenvalue weighted by molar-refractivity contribution is 0.0916. The second kappa shape index (κ2) is 5.73. The number of hydrogen-bond donors (Lipinski definition) is 1. The Morgan fingerprint density at radius 1 is 1.20 bits per heavy atom. The number of allylic oxidation sites excluding steroid dienone is 2. The molecule has 0 bridgehead atoms. The number of hydrogen-bond acceptors (Lipinski definition) is 1. The molecule has 1 aromatic rings. The molecular weight excluding hydrogens is 244 g/mol. The minimum absolute atomic E-state index is 0.294. The van der Waals surface area contributed by atoms with Gasteiger partial charge in [0.1, 0.15) is 0 Å². The third-order valence-electron chi connectivity index (χ3n) is 5.13. The van der Waals surface area contributed by atoms with Crippen molar-refractivity contribution < 1.29 is 5.11 Å². The van der Waals surface area contributed by atoms with E-state index in [1.54, 1.807) is 0 Å². The van der Waals surface area contributed by atoms with E-state index in [9.17, 15) is 5.11 Å². The summed E-state index contributed by atoms with van der Waals surface area (Å²) in [5.41, 5.74) is 4.05. The molecule has 1 heteroatoms. The van der Waals surface area contributed by atoms with Gasteiger partial charge in [-0.2, -0.15) is 0 Å². The molecule has 0 amide bonds. The van der Waals surface area contributed by atoms with Gasteiger partial charge in [-0.25, -0.2) is 0 Å². The molecular formula is C19H26O. The van der Waals surface area contributed by atoms with Gasteiger partial charge in [-0.3, -0.25) is 0 Å². The highest BCUT2D eigenvalue weighted by Crippen LogP contribution is 2.43. The number of benzene rings is 1. The fourth-order valence-electron chi connectivity index (χ4n) is 3.96. The zero-order chi connectivity index (χ0) is 14.1. The Balaban J connectivity index is 1.83. The summed E-state index contributed by atoms with van der Waals surface area (Å²) in [6, 6.07) is 8.59. The largest absolute Gasteiger partial charge is 0.388 e. The topological polar surface area (TPSA) is 20.2 Å². The van der Waals surface area contributed by atoms with E-state index in [0.717, 1.165) is 12.8 Å². The summed E-state index contributed by atoms with van der Waals surface area (Å²) >= 11 is 0. The molecule has 3 rings (SSSR count). The van der Waals surface area contributed by atoms with E-state index >= 15 is 0 Å². The maximum absolute atomic E-state index is 10.9. The van der Waals surface area contributed by atoms with Crippen LogP contribution in [0.2, 0.25) is 0 Å². The van der Waals surface area contributed by atoms with Crippen molar-refractivity contribution >= 4 is 0 Å². The van der Waals surface area contributed by atoms with Gasteiger partial charge in [0.2, 0.25) is 0 Å². The first-order chi connectivity index (χ1) is 9.65. The molecule has 0 saturated heterocycles. The Labute approximate surface area is 122 Å². The summed E-state index contributed by atoms with van der Waals surface area (Å²) in [6.45, 7) is 4.47. The maximum atomic E-state index is 10.9. The first-order valence-corrected chi connectivity index (χ1v) is 8.09. The molecule has 0 spiro atoms. The molecule has 0 radical (unpaired) electrons. The van der Waals surface area contributed by atoms with E-state index < -0.39 is 0 Å². The number of rotatable bonds is 3. The second-order valence-electron chi connectivity index (χ2n) is 6.89. The van der Waals surface area contributed by atoms with Gasteiger partial charge in [0, 0.05) is 0 Å². The van der Waals surface area contributed by atoms with Gasteiger partial charge in [0.25, 0.3) is 0 Å². The molecule has 2 aliphatic rings. The van der Waals surface area contributed by atoms with Crippen molar-refractivity contribution in [1.82, 2.24) is 0 Å². The van der Waals surface area contributed by atoms with Crippen LogP contribution in [0.25, 0.3) is 0 Å². The average molecular weight is 270 g/mol. The Morgan fingerprint density at radius 3 is 2.60 bits per heavy atom. The molecule has 1 aromatic carbocycles. The Morgan fingerprint density at radius 2 is 1.95 bits per heavy atom. The zero-order valence-corrected chi connectivity index (χ0v) is 12.7. The van der Waals surface area contributed by atoms with Crippen LogP contribution >= 0.6 is 0 Å². The molecule has 108 valence electrons. The summed E-state index contributed by atoms with van der Waals surface area (Å²) in [7, 11) is 0. The fraction of sp³-hybridized carbons (Fsp3) is 0.579. The molecule has 0 aromatic heterocycles. The van der Waals surface area contributed by atoms with Crippen molar-refractivity contribution in [2.45, 2.75) is 58.0 Å². The first-order valence-electron chi connectivity index (χ1n) is 8.09. The van der Waals surface area contributed by atoms with E-state index in [4.69, 9.17) is 0 Å². The van der Waals surface area contributed by atoms with Gasteiger partial charge in [0.05, 0.1) is 6.10 Å². The molecule has 1 N–H and O–H groups in total. The van der Waals surface area contributed by atoms with Crippen LogP contribution in [0.4, 0.5) is 0 Å². The lowest BCUT2D eigenvalue weighted by Gasteiger charge is -2.34. The van der Waals surface area contributed by atoms with Crippen molar-refractivity contribution in [3.63, 3.8) is 0 Å². The molecule has 0 aliphatic heterocycles. The predicted molar refractivity (Wildman–Crippen MR) is 83.6 cm³/mol. The summed E-state index contributed by atoms with van der Waals surface area (Å²) in [4.78, 5) is 0. The van der Waals surface area contributed by atoms with Crippen molar-refractivity contribution in [2.24, 2.45) is 11.8 Å². The van der Waals surface area contributed by atoms with E-state index in [1.165, 1.54) is 36.0 Å². The Kier molecular flexibility index (Phi) is 3.98. The second-order valence-corrected chi connectivity index (χ2v) is 6.89. The molecule has 3 unspecified atom stereocenters. The summed E-state index contributed by atoms with van der Waals surface area (Å²) in [5, 5.41) is 10.9. The lowest BCUT2D eigenvalue weighted by atomic mass is 9.73. The smallest absolute Gasteiger partial charge is 0.0824 e. The molecule has 3 atom stereocenters. The van der Waals surface area contributed by atoms with Gasteiger partial charge >= 0.3 is 0 Å². The van der Waals surface area contributed by atoms with Crippen LogP contribution < -0.4 is 0 Å². The van der Waals surface area contributed by atoms with Gasteiger partial charge in [-0.1, -0.05) is 49.3 Å².